The van der Waals surface area contributed by atoms with Crippen LogP contribution in [0.5, 0.6) is 0 Å². The van der Waals surface area contributed by atoms with E-state index in [9.17, 15) is 0 Å². The molecule has 0 atom stereocenters. The number of nitriles is 1. The van der Waals surface area contributed by atoms with E-state index in [1.165, 1.54) is 6.33 Å². The van der Waals surface area contributed by atoms with E-state index in [0.29, 0.717) is 5.56 Å². The summed E-state index contributed by atoms with van der Waals surface area (Å²) in [6.07, 6.45) is 8.68. The molecule has 3 rings (SSSR count). The highest BCUT2D eigenvalue weighted by molar-refractivity contribution is 5.69. The molecule has 0 N–H and O–H groups in total. The van der Waals surface area contributed by atoms with E-state index in [-0.39, 0.29) is 0 Å². The monoisotopic (exact) mass is 287 g/mol. The van der Waals surface area contributed by atoms with Gasteiger partial charge in [-0.05, 0) is 48.4 Å². The van der Waals surface area contributed by atoms with E-state index < -0.39 is 0 Å². The maximum Gasteiger partial charge on any atom is 0.138 e. The Balaban J connectivity index is 1.82. The van der Waals surface area contributed by atoms with Crippen LogP contribution >= 0.6 is 0 Å². The van der Waals surface area contributed by atoms with Crippen LogP contribution in [0.15, 0.2) is 49.2 Å². The van der Waals surface area contributed by atoms with Crippen molar-refractivity contribution in [3.05, 3.63) is 71.6 Å². The van der Waals surface area contributed by atoms with E-state index >= 15 is 0 Å². The third-order valence-electron chi connectivity index (χ3n) is 3.25. The van der Waals surface area contributed by atoms with Crippen LogP contribution in [0.3, 0.4) is 0 Å². The van der Waals surface area contributed by atoms with Crippen molar-refractivity contribution in [1.29, 1.82) is 5.26 Å². The highest BCUT2D eigenvalue weighted by Crippen LogP contribution is 2.16. The quantitative estimate of drug-likeness (QED) is 0.742. The largest absolute Gasteiger partial charge is 0.256 e. The molecule has 0 saturated heterocycles. The van der Waals surface area contributed by atoms with Crippen molar-refractivity contribution in [2.45, 2.75) is 6.92 Å². The summed E-state index contributed by atoms with van der Waals surface area (Å²) < 4.78 is 1.74. The Morgan fingerprint density at radius 3 is 2.73 bits per heavy atom. The first-order chi connectivity index (χ1) is 10.8. The fourth-order valence-electron chi connectivity index (χ4n) is 2.12. The summed E-state index contributed by atoms with van der Waals surface area (Å²) in [5.74, 6) is 0. The minimum absolute atomic E-state index is 0.560. The Bertz CT molecular complexity index is 840. The molecule has 2 heterocycles. The maximum absolute atomic E-state index is 8.75. The molecule has 0 unspecified atom stereocenters. The van der Waals surface area contributed by atoms with Gasteiger partial charge in [0, 0.05) is 6.20 Å². The Morgan fingerprint density at radius 2 is 2.09 bits per heavy atom. The molecule has 0 bridgehead atoms. The van der Waals surface area contributed by atoms with E-state index in [4.69, 9.17) is 5.26 Å². The molecule has 0 aliphatic heterocycles. The van der Waals surface area contributed by atoms with E-state index in [2.05, 4.69) is 27.2 Å². The van der Waals surface area contributed by atoms with Gasteiger partial charge in [0.1, 0.15) is 18.7 Å². The van der Waals surface area contributed by atoms with Gasteiger partial charge in [0.2, 0.25) is 0 Å². The number of pyridine rings is 1. The lowest BCUT2D eigenvalue weighted by Gasteiger charge is -2.05. The van der Waals surface area contributed by atoms with Gasteiger partial charge in [-0.3, -0.25) is 4.98 Å². The smallest absolute Gasteiger partial charge is 0.138 e. The molecule has 0 amide bonds. The first-order valence-electron chi connectivity index (χ1n) is 6.76. The van der Waals surface area contributed by atoms with E-state index in [0.717, 1.165) is 22.5 Å². The van der Waals surface area contributed by atoms with Crippen molar-refractivity contribution in [3.63, 3.8) is 0 Å². The zero-order valence-corrected chi connectivity index (χ0v) is 12.0. The summed E-state index contributed by atoms with van der Waals surface area (Å²) in [7, 11) is 0. The minimum Gasteiger partial charge on any atom is -0.256 e. The maximum atomic E-state index is 8.75. The number of aromatic nitrogens is 4. The van der Waals surface area contributed by atoms with E-state index in [1.807, 2.05) is 37.3 Å². The SMILES string of the molecule is Cc1cc(/C=C/c2ccc(C#N)cn2)ccc1-n1cncn1. The molecule has 106 valence electrons. The molecule has 3 aromatic rings. The summed E-state index contributed by atoms with van der Waals surface area (Å²) in [6, 6.07) is 11.7. The van der Waals surface area contributed by atoms with Crippen molar-refractivity contribution in [3.8, 4) is 11.8 Å². The Labute approximate surface area is 128 Å². The van der Waals surface area contributed by atoms with Crippen LogP contribution in [0, 0.1) is 18.3 Å². The Hall–Kier alpha value is -3.26. The first kappa shape index (κ1) is 13.7. The van der Waals surface area contributed by atoms with Gasteiger partial charge >= 0.3 is 0 Å². The van der Waals surface area contributed by atoms with Crippen LogP contribution in [0.2, 0.25) is 0 Å². The highest BCUT2D eigenvalue weighted by Gasteiger charge is 2.01. The van der Waals surface area contributed by atoms with E-state index in [1.54, 1.807) is 23.3 Å². The van der Waals surface area contributed by atoms with Crippen molar-refractivity contribution >= 4 is 12.2 Å². The minimum atomic E-state index is 0.560. The van der Waals surface area contributed by atoms with Crippen molar-refractivity contribution in [2.24, 2.45) is 0 Å². The summed E-state index contributed by atoms with van der Waals surface area (Å²) in [5, 5.41) is 12.9. The predicted octanol–water partition coefficient (Wildman–Crippen LogP) is 3.01. The standard InChI is InChI=1S/C17H13N5/c1-13-8-14(4-7-17(13)22-12-19-11-21-22)2-5-16-6-3-15(9-18)10-20-16/h2-8,10-12H,1H3/b5-2+. The van der Waals surface area contributed by atoms with Gasteiger partial charge < -0.3 is 0 Å². The Morgan fingerprint density at radius 1 is 1.18 bits per heavy atom. The van der Waals surface area contributed by atoms with Gasteiger partial charge in [0.15, 0.2) is 0 Å². The lowest BCUT2D eigenvalue weighted by molar-refractivity contribution is 0.871. The number of rotatable bonds is 3. The summed E-state index contributed by atoms with van der Waals surface area (Å²) in [4.78, 5) is 8.17. The van der Waals surface area contributed by atoms with Crippen LogP contribution in [-0.4, -0.2) is 19.7 Å². The lowest BCUT2D eigenvalue weighted by atomic mass is 10.1. The zero-order valence-electron chi connectivity index (χ0n) is 12.0. The second-order valence-corrected chi connectivity index (χ2v) is 4.80. The number of hydrogen-bond acceptors (Lipinski definition) is 4. The van der Waals surface area contributed by atoms with Gasteiger partial charge in [0.05, 0.1) is 16.9 Å². The second kappa shape index (κ2) is 6.02. The summed E-state index contributed by atoms with van der Waals surface area (Å²) >= 11 is 0. The summed E-state index contributed by atoms with van der Waals surface area (Å²) in [5.41, 5.74) is 4.57. The van der Waals surface area contributed by atoms with Gasteiger partial charge in [-0.1, -0.05) is 12.1 Å². The fraction of sp³-hybridized carbons (Fsp3) is 0.0588. The molecule has 0 aliphatic rings. The van der Waals surface area contributed by atoms with Crippen LogP contribution in [0.1, 0.15) is 22.4 Å². The molecule has 5 nitrogen and oxygen atoms in total. The van der Waals surface area contributed by atoms with Crippen molar-refractivity contribution in [1.82, 2.24) is 19.7 Å². The number of hydrogen-bond donors (Lipinski definition) is 0. The first-order valence-corrected chi connectivity index (χ1v) is 6.76. The molecular formula is C17H13N5. The third kappa shape index (κ3) is 2.91. The van der Waals surface area contributed by atoms with Crippen LogP contribution < -0.4 is 0 Å². The van der Waals surface area contributed by atoms with Gasteiger partial charge in [-0.15, -0.1) is 0 Å². The molecule has 0 radical (unpaired) electrons. The van der Waals surface area contributed by atoms with Gasteiger partial charge in [-0.25, -0.2) is 9.67 Å². The average molecular weight is 287 g/mol. The number of nitrogens with zero attached hydrogens (tertiary/aromatic N) is 5. The number of benzene rings is 1. The van der Waals surface area contributed by atoms with Gasteiger partial charge in [0.25, 0.3) is 0 Å². The van der Waals surface area contributed by atoms with Crippen LogP contribution in [-0.2, 0) is 0 Å². The normalized spacial score (nSPS) is 10.7. The average Bonchev–Trinajstić information content (AvgIpc) is 3.07. The molecule has 0 saturated carbocycles. The van der Waals surface area contributed by atoms with Crippen molar-refractivity contribution < 1.29 is 0 Å². The van der Waals surface area contributed by atoms with Gasteiger partial charge in [-0.2, -0.15) is 10.4 Å². The molecule has 5 heteroatoms. The molecule has 0 aliphatic carbocycles. The van der Waals surface area contributed by atoms with Crippen LogP contribution in [0.25, 0.3) is 17.8 Å². The third-order valence-corrected chi connectivity index (χ3v) is 3.25. The topological polar surface area (TPSA) is 67.4 Å². The predicted molar refractivity (Wildman–Crippen MR) is 84.0 cm³/mol. The number of aryl methyl sites for hydroxylation is 1. The molecule has 1 aromatic carbocycles. The second-order valence-electron chi connectivity index (χ2n) is 4.80. The molecule has 0 fully saturated rings. The Kier molecular flexibility index (Phi) is 3.75. The summed E-state index contributed by atoms with van der Waals surface area (Å²) in [6.45, 7) is 2.04. The fourth-order valence-corrected chi connectivity index (χ4v) is 2.12. The van der Waals surface area contributed by atoms with Crippen molar-refractivity contribution in [2.75, 3.05) is 0 Å². The highest BCUT2D eigenvalue weighted by atomic mass is 15.3. The molecule has 22 heavy (non-hydrogen) atoms. The molecular weight excluding hydrogens is 274 g/mol. The molecule has 0 spiro atoms. The zero-order chi connectivity index (χ0) is 15.4. The molecule has 2 aromatic heterocycles. The lowest BCUT2D eigenvalue weighted by Crippen LogP contribution is -1.97. The van der Waals surface area contributed by atoms with Crippen LogP contribution in [0.4, 0.5) is 0 Å².